The first-order chi connectivity index (χ1) is 10.8. The van der Waals surface area contributed by atoms with Crippen molar-refractivity contribution in [2.45, 2.75) is 30.7 Å². The molecule has 2 bridgehead atoms. The highest BCUT2D eigenvalue weighted by Gasteiger charge is 2.41. The first kappa shape index (κ1) is 16.7. The van der Waals surface area contributed by atoms with Crippen molar-refractivity contribution in [1.82, 2.24) is 9.21 Å². The maximum atomic E-state index is 13.3. The fourth-order valence-electron chi connectivity index (χ4n) is 3.36. The van der Waals surface area contributed by atoms with E-state index in [0.717, 1.165) is 25.0 Å². The molecule has 23 heavy (non-hydrogen) atoms. The number of piperidine rings is 1. The van der Waals surface area contributed by atoms with Crippen molar-refractivity contribution in [3.63, 3.8) is 0 Å². The molecular formula is C15H18ClFN2O3S. The fourth-order valence-corrected chi connectivity index (χ4v) is 5.36. The van der Waals surface area contributed by atoms with Gasteiger partial charge in [-0.25, -0.2) is 12.8 Å². The zero-order chi connectivity index (χ0) is 16.8. The predicted octanol–water partition coefficient (Wildman–Crippen LogP) is 2.11. The van der Waals surface area contributed by atoms with Crippen LogP contribution in [0.3, 0.4) is 0 Å². The molecule has 1 amide bonds. The van der Waals surface area contributed by atoms with Gasteiger partial charge in [0.25, 0.3) is 0 Å². The van der Waals surface area contributed by atoms with Gasteiger partial charge in [-0.05, 0) is 37.0 Å². The summed E-state index contributed by atoms with van der Waals surface area (Å²) < 4.78 is 40.6. The van der Waals surface area contributed by atoms with Crippen LogP contribution in [0.5, 0.6) is 0 Å². The zero-order valence-corrected chi connectivity index (χ0v) is 14.3. The molecule has 3 fully saturated rings. The molecule has 4 rings (SSSR count). The molecule has 3 saturated heterocycles. The van der Waals surface area contributed by atoms with Gasteiger partial charge in [0.05, 0.1) is 9.92 Å². The van der Waals surface area contributed by atoms with E-state index >= 15 is 0 Å². The van der Waals surface area contributed by atoms with Crippen LogP contribution in [0.2, 0.25) is 5.02 Å². The van der Waals surface area contributed by atoms with Crippen LogP contribution in [0.4, 0.5) is 4.39 Å². The minimum atomic E-state index is -3.76. The topological polar surface area (TPSA) is 57.7 Å². The van der Waals surface area contributed by atoms with E-state index in [4.69, 9.17) is 11.6 Å². The van der Waals surface area contributed by atoms with E-state index in [0.29, 0.717) is 19.6 Å². The third-order valence-electron chi connectivity index (χ3n) is 4.61. The van der Waals surface area contributed by atoms with Gasteiger partial charge in [0.1, 0.15) is 5.82 Å². The Bertz CT molecular complexity index is 740. The van der Waals surface area contributed by atoms with Crippen molar-refractivity contribution < 1.29 is 17.6 Å². The van der Waals surface area contributed by atoms with Gasteiger partial charge in [0, 0.05) is 32.6 Å². The number of nitrogens with zero attached hydrogens (tertiary/aromatic N) is 2. The molecule has 5 nitrogen and oxygen atoms in total. The van der Waals surface area contributed by atoms with Crippen LogP contribution in [-0.4, -0.2) is 49.2 Å². The van der Waals surface area contributed by atoms with E-state index in [1.807, 2.05) is 0 Å². The molecule has 3 aliphatic rings. The molecule has 0 aromatic heterocycles. The average molecular weight is 361 g/mol. The average Bonchev–Trinajstić information content (AvgIpc) is 2.82. The summed E-state index contributed by atoms with van der Waals surface area (Å²) in [6, 6.07) is 3.20. The Morgan fingerprint density at radius 3 is 2.65 bits per heavy atom. The molecule has 0 aliphatic carbocycles. The van der Waals surface area contributed by atoms with Crippen LogP contribution in [0.1, 0.15) is 19.8 Å². The Hall–Kier alpha value is -1.18. The highest BCUT2D eigenvalue weighted by Crippen LogP contribution is 2.33. The Labute approximate surface area is 140 Å². The molecule has 2 atom stereocenters. The van der Waals surface area contributed by atoms with E-state index in [1.54, 1.807) is 4.90 Å². The van der Waals surface area contributed by atoms with Crippen molar-refractivity contribution in [2.24, 2.45) is 5.92 Å². The van der Waals surface area contributed by atoms with E-state index in [1.165, 1.54) is 17.3 Å². The van der Waals surface area contributed by atoms with Crippen LogP contribution in [0.15, 0.2) is 23.1 Å². The third kappa shape index (κ3) is 3.09. The number of hydrogen-bond donors (Lipinski definition) is 0. The number of halogens is 2. The van der Waals surface area contributed by atoms with E-state index in [2.05, 4.69) is 0 Å². The lowest BCUT2D eigenvalue weighted by Crippen LogP contribution is -2.47. The lowest BCUT2D eigenvalue weighted by atomic mass is 9.97. The summed E-state index contributed by atoms with van der Waals surface area (Å²) in [5.41, 5.74) is 0. The van der Waals surface area contributed by atoms with Crippen molar-refractivity contribution in [1.29, 1.82) is 0 Å². The molecule has 1 aromatic rings. The van der Waals surface area contributed by atoms with Crippen molar-refractivity contribution in [2.75, 3.05) is 19.6 Å². The summed E-state index contributed by atoms with van der Waals surface area (Å²) in [6.45, 7) is 2.87. The third-order valence-corrected chi connectivity index (χ3v) is 6.81. The molecule has 0 saturated carbocycles. The lowest BCUT2D eigenvalue weighted by molar-refractivity contribution is -0.129. The second-order valence-electron chi connectivity index (χ2n) is 6.17. The summed E-state index contributed by atoms with van der Waals surface area (Å²) in [6.07, 6.45) is 1.63. The molecule has 3 aliphatic heterocycles. The van der Waals surface area contributed by atoms with Crippen molar-refractivity contribution >= 4 is 27.5 Å². The van der Waals surface area contributed by atoms with Gasteiger partial charge in [0.2, 0.25) is 15.9 Å². The van der Waals surface area contributed by atoms with Gasteiger partial charge in [-0.1, -0.05) is 11.6 Å². The monoisotopic (exact) mass is 360 g/mol. The van der Waals surface area contributed by atoms with Crippen LogP contribution in [-0.2, 0) is 14.8 Å². The zero-order valence-electron chi connectivity index (χ0n) is 12.7. The van der Waals surface area contributed by atoms with Crippen molar-refractivity contribution in [3.8, 4) is 0 Å². The predicted molar refractivity (Wildman–Crippen MR) is 84.1 cm³/mol. The van der Waals surface area contributed by atoms with Gasteiger partial charge < -0.3 is 4.90 Å². The van der Waals surface area contributed by atoms with Gasteiger partial charge in [-0.3, -0.25) is 4.79 Å². The van der Waals surface area contributed by atoms with E-state index < -0.39 is 15.8 Å². The van der Waals surface area contributed by atoms with Gasteiger partial charge >= 0.3 is 0 Å². The summed E-state index contributed by atoms with van der Waals surface area (Å²) >= 11 is 5.72. The van der Waals surface area contributed by atoms with Crippen LogP contribution in [0.25, 0.3) is 0 Å². The van der Waals surface area contributed by atoms with Crippen LogP contribution >= 0.6 is 11.6 Å². The number of rotatable bonds is 2. The molecule has 0 spiro atoms. The standard InChI is InChI=1S/C15H18ClFN2O3S/c1-10(20)18-7-11-2-3-12(9-18)19(8-11)23(21,22)13-4-5-15(17)14(16)6-13/h4-6,11-12H,2-3,7-9H2,1H3/t11-,12+/m1/s1. The second-order valence-corrected chi connectivity index (χ2v) is 8.47. The summed E-state index contributed by atoms with van der Waals surface area (Å²) in [5, 5.41) is -0.212. The summed E-state index contributed by atoms with van der Waals surface area (Å²) in [5.74, 6) is -0.555. The molecule has 0 radical (unpaired) electrons. The molecule has 0 unspecified atom stereocenters. The van der Waals surface area contributed by atoms with Gasteiger partial charge in [-0.15, -0.1) is 0 Å². The maximum Gasteiger partial charge on any atom is 0.243 e. The largest absolute Gasteiger partial charge is 0.341 e. The number of hydrogen-bond acceptors (Lipinski definition) is 3. The van der Waals surface area contributed by atoms with Gasteiger partial charge in [0.15, 0.2) is 0 Å². The number of sulfonamides is 1. The number of carbonyl (C=O) groups is 1. The quantitative estimate of drug-likeness (QED) is 0.811. The molecule has 0 N–H and O–H groups in total. The number of amides is 1. The minimum absolute atomic E-state index is 0.00850. The molecule has 126 valence electrons. The van der Waals surface area contributed by atoms with Crippen LogP contribution in [0, 0.1) is 11.7 Å². The van der Waals surface area contributed by atoms with Crippen molar-refractivity contribution in [3.05, 3.63) is 29.0 Å². The highest BCUT2D eigenvalue weighted by molar-refractivity contribution is 7.89. The Morgan fingerprint density at radius 2 is 2.00 bits per heavy atom. The normalized spacial score (nSPS) is 25.4. The number of benzene rings is 1. The maximum absolute atomic E-state index is 13.3. The first-order valence-corrected chi connectivity index (χ1v) is 9.33. The second kappa shape index (κ2) is 6.03. The van der Waals surface area contributed by atoms with E-state index in [9.17, 15) is 17.6 Å². The number of fused-ring (bicyclic) bond motifs is 4. The Morgan fingerprint density at radius 1 is 1.26 bits per heavy atom. The minimum Gasteiger partial charge on any atom is -0.341 e. The Balaban J connectivity index is 1.94. The van der Waals surface area contributed by atoms with Crippen LogP contribution < -0.4 is 0 Å². The molecule has 8 heteroatoms. The SMILES string of the molecule is CC(=O)N1C[C@H]2CC[C@@H](C1)N(S(=O)(=O)c1ccc(F)c(Cl)c1)C2. The lowest BCUT2D eigenvalue weighted by Gasteiger charge is -2.34. The molecular weight excluding hydrogens is 343 g/mol. The smallest absolute Gasteiger partial charge is 0.243 e. The van der Waals surface area contributed by atoms with Gasteiger partial charge in [-0.2, -0.15) is 4.31 Å². The molecule has 3 heterocycles. The Kier molecular flexibility index (Phi) is 4.37. The fraction of sp³-hybridized carbons (Fsp3) is 0.533. The highest BCUT2D eigenvalue weighted by atomic mass is 35.5. The molecule has 1 aromatic carbocycles. The van der Waals surface area contributed by atoms with E-state index in [-0.39, 0.29) is 27.8 Å². The number of carbonyl (C=O) groups excluding carboxylic acids is 1. The summed E-state index contributed by atoms with van der Waals surface area (Å²) in [7, 11) is -3.76. The first-order valence-electron chi connectivity index (χ1n) is 7.51. The summed E-state index contributed by atoms with van der Waals surface area (Å²) in [4.78, 5) is 13.4.